The highest BCUT2D eigenvalue weighted by Crippen LogP contribution is 2.28. The van der Waals surface area contributed by atoms with Gasteiger partial charge in [-0.25, -0.2) is 4.98 Å². The third-order valence-electron chi connectivity index (χ3n) is 4.45. The molecule has 0 spiro atoms. The Bertz CT molecular complexity index is 369. The fraction of sp³-hybridized carbons (Fsp3) is 0.824. The van der Waals surface area contributed by atoms with Crippen molar-refractivity contribution in [2.24, 2.45) is 5.92 Å². The summed E-state index contributed by atoms with van der Waals surface area (Å²) in [5, 5.41) is 7.16. The number of nitrogens with zero attached hydrogens (tertiary/aromatic N) is 1. The highest BCUT2D eigenvalue weighted by molar-refractivity contribution is 7.09. The average Bonchev–Trinajstić information content (AvgIpc) is 2.88. The zero-order valence-corrected chi connectivity index (χ0v) is 14.0. The van der Waals surface area contributed by atoms with E-state index in [9.17, 15) is 0 Å². The molecule has 0 radical (unpaired) electrons. The molecule has 1 aromatic rings. The van der Waals surface area contributed by atoms with Gasteiger partial charge in [-0.3, -0.25) is 0 Å². The second-order valence-electron chi connectivity index (χ2n) is 6.29. The second kappa shape index (κ2) is 8.78. The molecule has 1 atom stereocenters. The monoisotopic (exact) mass is 294 g/mol. The van der Waals surface area contributed by atoms with Gasteiger partial charge in [-0.15, -0.1) is 11.3 Å². The molecule has 1 heterocycles. The fourth-order valence-electron chi connectivity index (χ4n) is 3.29. The molecule has 3 heteroatoms. The lowest BCUT2D eigenvalue weighted by atomic mass is 9.85. The normalized spacial score (nSPS) is 18.3. The summed E-state index contributed by atoms with van der Waals surface area (Å²) in [5.41, 5.74) is 1.28. The van der Waals surface area contributed by atoms with Crippen molar-refractivity contribution < 1.29 is 0 Å². The van der Waals surface area contributed by atoms with Crippen LogP contribution in [0.3, 0.4) is 0 Å². The molecular formula is C17H30N2S. The van der Waals surface area contributed by atoms with Crippen molar-refractivity contribution >= 4 is 11.3 Å². The summed E-state index contributed by atoms with van der Waals surface area (Å²) in [4.78, 5) is 4.63. The number of aromatic nitrogens is 1. The van der Waals surface area contributed by atoms with E-state index in [0.717, 1.165) is 18.9 Å². The number of hydrogen-bond acceptors (Lipinski definition) is 3. The Labute approximate surface area is 128 Å². The standard InChI is InChI=1S/C17H30N2S/c1-3-11-18-16(12-17-13-20-14(2)19-17)10-9-15-7-5-4-6-8-15/h13,15-16,18H,3-12H2,1-2H3. The van der Waals surface area contributed by atoms with E-state index in [1.807, 2.05) is 0 Å². The lowest BCUT2D eigenvalue weighted by Crippen LogP contribution is -2.32. The summed E-state index contributed by atoms with van der Waals surface area (Å²) in [6, 6.07) is 0.623. The summed E-state index contributed by atoms with van der Waals surface area (Å²) in [7, 11) is 0. The Morgan fingerprint density at radius 3 is 2.80 bits per heavy atom. The molecule has 0 bridgehead atoms. The number of hydrogen-bond donors (Lipinski definition) is 1. The lowest BCUT2D eigenvalue weighted by Gasteiger charge is -2.24. The Kier molecular flexibility index (Phi) is 7.01. The maximum Gasteiger partial charge on any atom is 0.0897 e. The fourth-order valence-corrected chi connectivity index (χ4v) is 3.92. The molecule has 0 aliphatic heterocycles. The SMILES string of the molecule is CCCNC(CCC1CCCCC1)Cc1csc(C)n1. The smallest absolute Gasteiger partial charge is 0.0897 e. The van der Waals surface area contributed by atoms with Crippen molar-refractivity contribution in [1.29, 1.82) is 0 Å². The summed E-state index contributed by atoms with van der Waals surface area (Å²) in [5.74, 6) is 0.992. The average molecular weight is 295 g/mol. The molecule has 1 N–H and O–H groups in total. The van der Waals surface area contributed by atoms with Crippen molar-refractivity contribution in [3.05, 3.63) is 16.1 Å². The summed E-state index contributed by atoms with van der Waals surface area (Å²) < 4.78 is 0. The molecule has 0 aromatic carbocycles. The maximum atomic E-state index is 4.63. The minimum atomic E-state index is 0.623. The summed E-state index contributed by atoms with van der Waals surface area (Å²) >= 11 is 1.78. The van der Waals surface area contributed by atoms with Crippen LogP contribution in [0.4, 0.5) is 0 Å². The van der Waals surface area contributed by atoms with Crippen molar-refractivity contribution in [3.8, 4) is 0 Å². The molecule has 1 aliphatic rings. The van der Waals surface area contributed by atoms with E-state index in [2.05, 4.69) is 29.5 Å². The van der Waals surface area contributed by atoms with Crippen molar-refractivity contribution in [1.82, 2.24) is 10.3 Å². The topological polar surface area (TPSA) is 24.9 Å². The van der Waals surface area contributed by atoms with E-state index >= 15 is 0 Å². The number of thiazole rings is 1. The van der Waals surface area contributed by atoms with Crippen molar-refractivity contribution in [2.75, 3.05) is 6.54 Å². The van der Waals surface area contributed by atoms with Gasteiger partial charge in [-0.05, 0) is 38.6 Å². The van der Waals surface area contributed by atoms with Crippen molar-refractivity contribution in [2.45, 2.75) is 77.7 Å². The van der Waals surface area contributed by atoms with Gasteiger partial charge in [-0.1, -0.05) is 39.0 Å². The molecule has 114 valence electrons. The van der Waals surface area contributed by atoms with E-state index < -0.39 is 0 Å². The summed E-state index contributed by atoms with van der Waals surface area (Å²) in [6.45, 7) is 5.49. The van der Waals surface area contributed by atoms with E-state index in [-0.39, 0.29) is 0 Å². The molecule has 2 rings (SSSR count). The molecule has 1 saturated carbocycles. The minimum Gasteiger partial charge on any atom is -0.314 e. The third-order valence-corrected chi connectivity index (χ3v) is 5.28. The van der Waals surface area contributed by atoms with Crippen LogP contribution in [0.2, 0.25) is 0 Å². The van der Waals surface area contributed by atoms with E-state index in [1.54, 1.807) is 11.3 Å². The highest BCUT2D eigenvalue weighted by atomic mass is 32.1. The molecular weight excluding hydrogens is 264 g/mol. The second-order valence-corrected chi connectivity index (χ2v) is 7.36. The summed E-state index contributed by atoms with van der Waals surface area (Å²) in [6.07, 6.45) is 12.4. The molecule has 0 amide bonds. The van der Waals surface area contributed by atoms with Crippen LogP contribution in [0.1, 0.15) is 69.0 Å². The molecule has 1 fully saturated rings. The first-order chi connectivity index (χ1) is 9.78. The van der Waals surface area contributed by atoms with Crippen LogP contribution in [0.15, 0.2) is 5.38 Å². The first-order valence-corrected chi connectivity index (χ1v) is 9.30. The third kappa shape index (κ3) is 5.53. The van der Waals surface area contributed by atoms with Crippen LogP contribution >= 0.6 is 11.3 Å². The van der Waals surface area contributed by atoms with Crippen LogP contribution in [0.5, 0.6) is 0 Å². The molecule has 1 aliphatic carbocycles. The van der Waals surface area contributed by atoms with E-state index in [0.29, 0.717) is 6.04 Å². The largest absolute Gasteiger partial charge is 0.314 e. The zero-order valence-electron chi connectivity index (χ0n) is 13.2. The quantitative estimate of drug-likeness (QED) is 0.750. The predicted octanol–water partition coefficient (Wildman–Crippen LogP) is 4.72. The Hall–Kier alpha value is -0.410. The zero-order chi connectivity index (χ0) is 14.2. The van der Waals surface area contributed by atoms with Crippen LogP contribution in [0.25, 0.3) is 0 Å². The Balaban J connectivity index is 1.79. The van der Waals surface area contributed by atoms with Gasteiger partial charge < -0.3 is 5.32 Å². The first kappa shape index (κ1) is 16.0. The maximum absolute atomic E-state index is 4.63. The molecule has 20 heavy (non-hydrogen) atoms. The van der Waals surface area contributed by atoms with Crippen LogP contribution in [-0.4, -0.2) is 17.6 Å². The van der Waals surface area contributed by atoms with Gasteiger partial charge in [0.2, 0.25) is 0 Å². The lowest BCUT2D eigenvalue weighted by molar-refractivity contribution is 0.312. The number of aryl methyl sites for hydroxylation is 1. The Morgan fingerprint density at radius 1 is 1.35 bits per heavy atom. The minimum absolute atomic E-state index is 0.623. The molecule has 0 saturated heterocycles. The first-order valence-electron chi connectivity index (χ1n) is 8.42. The molecule has 2 nitrogen and oxygen atoms in total. The molecule has 1 unspecified atom stereocenters. The van der Waals surface area contributed by atoms with Gasteiger partial charge >= 0.3 is 0 Å². The number of rotatable bonds is 8. The van der Waals surface area contributed by atoms with Crippen LogP contribution < -0.4 is 5.32 Å². The highest BCUT2D eigenvalue weighted by Gasteiger charge is 2.17. The van der Waals surface area contributed by atoms with E-state index in [4.69, 9.17) is 0 Å². The van der Waals surface area contributed by atoms with Gasteiger partial charge in [-0.2, -0.15) is 0 Å². The van der Waals surface area contributed by atoms with Crippen molar-refractivity contribution in [3.63, 3.8) is 0 Å². The van der Waals surface area contributed by atoms with Crippen LogP contribution in [-0.2, 0) is 6.42 Å². The van der Waals surface area contributed by atoms with Crippen LogP contribution in [0, 0.1) is 12.8 Å². The number of nitrogens with one attached hydrogen (secondary N) is 1. The molecule has 1 aromatic heterocycles. The Morgan fingerprint density at radius 2 is 2.15 bits per heavy atom. The van der Waals surface area contributed by atoms with E-state index in [1.165, 1.54) is 62.1 Å². The van der Waals surface area contributed by atoms with Gasteiger partial charge in [0.05, 0.1) is 10.7 Å². The van der Waals surface area contributed by atoms with Gasteiger partial charge in [0, 0.05) is 17.8 Å². The van der Waals surface area contributed by atoms with Gasteiger partial charge in [0.15, 0.2) is 0 Å². The predicted molar refractivity (Wildman–Crippen MR) is 88.4 cm³/mol. The van der Waals surface area contributed by atoms with Gasteiger partial charge in [0.25, 0.3) is 0 Å². The van der Waals surface area contributed by atoms with Gasteiger partial charge in [0.1, 0.15) is 0 Å².